The summed E-state index contributed by atoms with van der Waals surface area (Å²) in [6.07, 6.45) is -0.172. The lowest BCUT2D eigenvalue weighted by Gasteiger charge is -2.12. The van der Waals surface area contributed by atoms with Gasteiger partial charge in [0.25, 0.3) is 16.4 Å². The Kier molecular flexibility index (Phi) is 8.59. The third kappa shape index (κ3) is 7.47. The highest BCUT2D eigenvalue weighted by Gasteiger charge is 2.16. The van der Waals surface area contributed by atoms with Crippen LogP contribution < -0.4 is 19.5 Å². The largest absolute Gasteiger partial charge is 0.488 e. The lowest BCUT2D eigenvalue weighted by Crippen LogP contribution is -2.21. The Balaban J connectivity index is 1.98. The zero-order chi connectivity index (χ0) is 21.3. The highest BCUT2D eigenvalue weighted by atomic mass is 32.2. The predicted molar refractivity (Wildman–Crippen MR) is 106 cm³/mol. The van der Waals surface area contributed by atoms with Crippen LogP contribution in [0.1, 0.15) is 18.9 Å². The summed E-state index contributed by atoms with van der Waals surface area (Å²) < 4.78 is 62.3. The molecule has 0 bridgehead atoms. The molecule has 1 aromatic heterocycles. The van der Waals surface area contributed by atoms with Gasteiger partial charge in [-0.2, -0.15) is 0 Å². The van der Waals surface area contributed by atoms with E-state index < -0.39 is 23.1 Å². The first-order valence-electron chi connectivity index (χ1n) is 9.16. The molecule has 2 rings (SSSR count). The molecule has 0 fully saturated rings. The van der Waals surface area contributed by atoms with E-state index in [0.29, 0.717) is 30.3 Å². The Bertz CT molecular complexity index is 878. The number of aromatic nitrogens is 1. The van der Waals surface area contributed by atoms with E-state index >= 15 is 0 Å². The zero-order valence-electron chi connectivity index (χ0n) is 16.3. The number of anilines is 1. The molecule has 29 heavy (non-hydrogen) atoms. The van der Waals surface area contributed by atoms with Crippen molar-refractivity contribution >= 4 is 15.7 Å². The molecule has 7 nitrogen and oxygen atoms in total. The molecule has 0 saturated carbocycles. The maximum absolute atomic E-state index is 12.5. The van der Waals surface area contributed by atoms with Crippen molar-refractivity contribution in [1.82, 2.24) is 10.3 Å². The number of halogens is 2. The molecule has 0 radical (unpaired) electrons. The number of sulfonamides is 1. The van der Waals surface area contributed by atoms with Crippen molar-refractivity contribution < 1.29 is 26.7 Å². The van der Waals surface area contributed by atoms with Crippen molar-refractivity contribution in [3.05, 3.63) is 42.1 Å². The Labute approximate surface area is 169 Å². The van der Waals surface area contributed by atoms with Gasteiger partial charge in [0.05, 0.1) is 16.8 Å². The third-order valence-electron chi connectivity index (χ3n) is 3.80. The van der Waals surface area contributed by atoms with Crippen molar-refractivity contribution in [1.29, 1.82) is 0 Å². The van der Waals surface area contributed by atoms with Crippen LogP contribution in [-0.2, 0) is 10.0 Å². The summed E-state index contributed by atoms with van der Waals surface area (Å²) in [6.45, 7) is 5.13. The highest BCUT2D eigenvalue weighted by molar-refractivity contribution is 7.92. The number of benzene rings is 1. The second-order valence-corrected chi connectivity index (χ2v) is 7.90. The molecule has 0 aliphatic rings. The molecule has 0 aliphatic carbocycles. The monoisotopic (exact) mass is 429 g/mol. The summed E-state index contributed by atoms with van der Waals surface area (Å²) in [4.78, 5) is 4.10. The van der Waals surface area contributed by atoms with Gasteiger partial charge in [-0.3, -0.25) is 4.72 Å². The quantitative estimate of drug-likeness (QED) is 0.504. The van der Waals surface area contributed by atoms with Gasteiger partial charge in [0.15, 0.2) is 0 Å². The molecule has 0 unspecified atom stereocenters. The van der Waals surface area contributed by atoms with Gasteiger partial charge >= 0.3 is 0 Å². The average molecular weight is 429 g/mol. The van der Waals surface area contributed by atoms with E-state index in [9.17, 15) is 17.2 Å². The molecule has 0 saturated heterocycles. The van der Waals surface area contributed by atoms with Gasteiger partial charge in [0.1, 0.15) is 19.0 Å². The molecular formula is C19H25F2N3O4S. The minimum atomic E-state index is -3.87. The fourth-order valence-electron chi connectivity index (χ4n) is 2.32. The number of hydrogen-bond donors (Lipinski definition) is 2. The van der Waals surface area contributed by atoms with E-state index in [-0.39, 0.29) is 10.6 Å². The number of hydrogen-bond acceptors (Lipinski definition) is 6. The van der Waals surface area contributed by atoms with Crippen molar-refractivity contribution in [3.63, 3.8) is 0 Å². The third-order valence-corrected chi connectivity index (χ3v) is 5.18. The number of pyridine rings is 1. The van der Waals surface area contributed by atoms with Crippen LogP contribution in [0, 0.1) is 6.92 Å². The SMILES string of the molecule is CCCNCCOc1cc(C)c(NS(=O)(=O)c2ccc(OCC(F)F)cc2)cn1. The summed E-state index contributed by atoms with van der Waals surface area (Å²) in [5.74, 6) is 0.571. The number of ether oxygens (including phenoxy) is 2. The Hall–Kier alpha value is -2.46. The van der Waals surface area contributed by atoms with Crippen molar-refractivity contribution in [2.24, 2.45) is 0 Å². The summed E-state index contributed by atoms with van der Waals surface area (Å²) in [7, 11) is -3.87. The first kappa shape index (κ1) is 22.8. The number of aryl methyl sites for hydroxylation is 1. The summed E-state index contributed by atoms with van der Waals surface area (Å²) >= 11 is 0. The Morgan fingerprint density at radius 3 is 2.48 bits per heavy atom. The number of nitrogens with one attached hydrogen (secondary N) is 2. The zero-order valence-corrected chi connectivity index (χ0v) is 17.1. The highest BCUT2D eigenvalue weighted by Crippen LogP contribution is 2.23. The van der Waals surface area contributed by atoms with Gasteiger partial charge in [-0.05, 0) is 49.7 Å². The first-order chi connectivity index (χ1) is 13.8. The van der Waals surface area contributed by atoms with Crippen molar-refractivity contribution in [2.45, 2.75) is 31.6 Å². The fraction of sp³-hybridized carbons (Fsp3) is 0.421. The number of rotatable bonds is 12. The molecule has 10 heteroatoms. The molecule has 160 valence electrons. The van der Waals surface area contributed by atoms with Crippen LogP contribution in [0.4, 0.5) is 14.5 Å². The van der Waals surface area contributed by atoms with Crippen molar-refractivity contribution in [2.75, 3.05) is 31.0 Å². The predicted octanol–water partition coefficient (Wildman–Crippen LogP) is 3.21. The lowest BCUT2D eigenvalue weighted by atomic mass is 10.2. The molecule has 1 aromatic carbocycles. The Morgan fingerprint density at radius 1 is 1.14 bits per heavy atom. The van der Waals surface area contributed by atoms with Crippen LogP contribution >= 0.6 is 0 Å². The number of alkyl halides is 2. The van der Waals surface area contributed by atoms with E-state index in [0.717, 1.165) is 13.0 Å². The van der Waals surface area contributed by atoms with Gasteiger partial charge in [0.2, 0.25) is 5.88 Å². The maximum atomic E-state index is 12.5. The topological polar surface area (TPSA) is 89.6 Å². The standard InChI is InChI=1S/C19H25F2N3O4S/c1-3-8-22-9-10-27-19-11-14(2)17(12-23-19)24-29(25,26)16-6-4-15(5-7-16)28-13-18(20)21/h4-7,11-12,18,22,24H,3,8-10,13H2,1-2H3. The van der Waals surface area contributed by atoms with Gasteiger partial charge in [0, 0.05) is 12.6 Å². The minimum absolute atomic E-state index is 0.0244. The van der Waals surface area contributed by atoms with Gasteiger partial charge < -0.3 is 14.8 Å². The van der Waals surface area contributed by atoms with Crippen LogP contribution in [0.3, 0.4) is 0 Å². The molecule has 0 spiro atoms. The van der Waals surface area contributed by atoms with Crippen molar-refractivity contribution in [3.8, 4) is 11.6 Å². The molecule has 0 amide bonds. The molecule has 2 aromatic rings. The van der Waals surface area contributed by atoms with E-state index in [4.69, 9.17) is 9.47 Å². The summed E-state index contributed by atoms with van der Waals surface area (Å²) in [5.41, 5.74) is 0.969. The minimum Gasteiger partial charge on any atom is -0.488 e. The molecule has 1 heterocycles. The number of nitrogens with zero attached hydrogens (tertiary/aromatic N) is 1. The lowest BCUT2D eigenvalue weighted by molar-refractivity contribution is 0.0819. The summed E-state index contributed by atoms with van der Waals surface area (Å²) in [6, 6.07) is 6.87. The smallest absolute Gasteiger partial charge is 0.272 e. The van der Waals surface area contributed by atoms with E-state index in [1.54, 1.807) is 13.0 Å². The molecular weight excluding hydrogens is 404 g/mol. The van der Waals surface area contributed by atoms with E-state index in [1.165, 1.54) is 30.5 Å². The van der Waals surface area contributed by atoms with Gasteiger partial charge in [-0.15, -0.1) is 0 Å². The first-order valence-corrected chi connectivity index (χ1v) is 10.6. The Morgan fingerprint density at radius 2 is 1.86 bits per heavy atom. The molecule has 0 atom stereocenters. The maximum Gasteiger partial charge on any atom is 0.272 e. The average Bonchev–Trinajstić information content (AvgIpc) is 2.68. The second kappa shape index (κ2) is 10.9. The molecule has 0 aliphatic heterocycles. The second-order valence-electron chi connectivity index (χ2n) is 6.21. The summed E-state index contributed by atoms with van der Waals surface area (Å²) in [5, 5.41) is 3.21. The molecule has 2 N–H and O–H groups in total. The van der Waals surface area contributed by atoms with Crippen LogP contribution in [0.15, 0.2) is 41.4 Å². The van der Waals surface area contributed by atoms with Crippen LogP contribution in [0.2, 0.25) is 0 Å². The van der Waals surface area contributed by atoms with Crippen LogP contribution in [0.5, 0.6) is 11.6 Å². The van der Waals surface area contributed by atoms with E-state index in [2.05, 4.69) is 21.9 Å². The van der Waals surface area contributed by atoms with Gasteiger partial charge in [-0.1, -0.05) is 6.92 Å². The van der Waals surface area contributed by atoms with Crippen LogP contribution in [0.25, 0.3) is 0 Å². The van der Waals surface area contributed by atoms with E-state index in [1.807, 2.05) is 0 Å². The van der Waals surface area contributed by atoms with Crippen LogP contribution in [-0.4, -0.2) is 46.1 Å². The van der Waals surface area contributed by atoms with Gasteiger partial charge in [-0.25, -0.2) is 22.2 Å². The fourth-order valence-corrected chi connectivity index (χ4v) is 3.44. The normalized spacial score (nSPS) is 11.5.